The highest BCUT2D eigenvalue weighted by atomic mass is 16.5. The molecule has 0 spiro atoms. The van der Waals surface area contributed by atoms with Crippen molar-refractivity contribution in [2.24, 2.45) is 35.5 Å². The summed E-state index contributed by atoms with van der Waals surface area (Å²) < 4.78 is 11.0. The maximum Gasteiger partial charge on any atom is 0.238 e. The number of methoxy groups -OCH3 is 1. The quantitative estimate of drug-likeness (QED) is 0.531. The Balaban J connectivity index is 1.12. The zero-order chi connectivity index (χ0) is 21.1. The number of amides is 2. The second kappa shape index (κ2) is 6.98. The molecule has 7 rings (SSSR count). The van der Waals surface area contributed by atoms with Crippen LogP contribution in [0.1, 0.15) is 12.0 Å². The van der Waals surface area contributed by atoms with Crippen LogP contribution in [0.4, 0.5) is 5.69 Å². The van der Waals surface area contributed by atoms with Gasteiger partial charge in [-0.05, 0) is 72.1 Å². The number of nitrogens with zero attached hydrogens (tertiary/aromatic N) is 1. The minimum atomic E-state index is -0.160. The maximum atomic E-state index is 13.2. The predicted octanol–water partition coefficient (Wildman–Crippen LogP) is 3.87. The molecule has 2 unspecified atom stereocenters. The Labute approximate surface area is 181 Å². The summed E-state index contributed by atoms with van der Waals surface area (Å²) in [6.07, 6.45) is 6.37. The standard InChI is InChI=1S/C26H25NO4/c1-30-17-6-2-15(3-7-17)12-13-31-18-8-4-16(5-9-18)27-25(28)23-19-10-11-20(22-14-21(19)22)24(23)26(27)29/h2-11,19-24H,12-14H2,1H3/t19-,20+,21?,22?,23-,24+. The van der Waals surface area contributed by atoms with E-state index in [4.69, 9.17) is 9.47 Å². The zero-order valence-electron chi connectivity index (χ0n) is 17.4. The molecule has 2 amide bonds. The van der Waals surface area contributed by atoms with Crippen LogP contribution >= 0.6 is 0 Å². The summed E-state index contributed by atoms with van der Waals surface area (Å²) in [7, 11) is 1.66. The van der Waals surface area contributed by atoms with Gasteiger partial charge in [-0.15, -0.1) is 0 Å². The van der Waals surface area contributed by atoms with Gasteiger partial charge in [-0.3, -0.25) is 14.5 Å². The van der Waals surface area contributed by atoms with Gasteiger partial charge < -0.3 is 9.47 Å². The molecule has 5 aliphatic rings. The largest absolute Gasteiger partial charge is 0.497 e. The smallest absolute Gasteiger partial charge is 0.238 e. The van der Waals surface area contributed by atoms with Crippen molar-refractivity contribution in [2.45, 2.75) is 12.8 Å². The molecule has 5 heteroatoms. The highest BCUT2D eigenvalue weighted by Crippen LogP contribution is 2.65. The molecule has 31 heavy (non-hydrogen) atoms. The van der Waals surface area contributed by atoms with Crippen LogP contribution < -0.4 is 14.4 Å². The Morgan fingerprint density at radius 3 is 2.00 bits per heavy atom. The molecular formula is C26H25NO4. The van der Waals surface area contributed by atoms with Crippen LogP contribution in [0.15, 0.2) is 60.7 Å². The van der Waals surface area contributed by atoms with Gasteiger partial charge in [-0.25, -0.2) is 0 Å². The lowest BCUT2D eigenvalue weighted by Crippen LogP contribution is -2.40. The summed E-state index contributed by atoms with van der Waals surface area (Å²) in [6.45, 7) is 0.551. The molecule has 2 bridgehead atoms. The molecule has 1 heterocycles. The van der Waals surface area contributed by atoms with Crippen LogP contribution in [0.25, 0.3) is 0 Å². The van der Waals surface area contributed by atoms with E-state index < -0.39 is 0 Å². The molecular weight excluding hydrogens is 390 g/mol. The third-order valence-corrected chi connectivity index (χ3v) is 7.58. The van der Waals surface area contributed by atoms with Gasteiger partial charge in [0, 0.05) is 6.42 Å². The Morgan fingerprint density at radius 1 is 0.839 bits per heavy atom. The third kappa shape index (κ3) is 2.90. The van der Waals surface area contributed by atoms with Crippen LogP contribution in [0.2, 0.25) is 0 Å². The fourth-order valence-corrected chi connectivity index (χ4v) is 5.98. The van der Waals surface area contributed by atoms with Crippen LogP contribution in [-0.4, -0.2) is 25.5 Å². The SMILES string of the molecule is COc1ccc(CCOc2ccc(N3C(=O)[C@@H]4[C@H](C3=O)[C@@H]3C=C[C@H]4C4CC43)cc2)cc1. The van der Waals surface area contributed by atoms with Crippen molar-refractivity contribution in [1.29, 1.82) is 0 Å². The van der Waals surface area contributed by atoms with Crippen LogP contribution in [-0.2, 0) is 16.0 Å². The van der Waals surface area contributed by atoms with Crippen molar-refractivity contribution >= 4 is 17.5 Å². The summed E-state index contributed by atoms with van der Waals surface area (Å²) >= 11 is 0. The van der Waals surface area contributed by atoms with E-state index in [9.17, 15) is 9.59 Å². The van der Waals surface area contributed by atoms with Gasteiger partial charge in [0.05, 0.1) is 31.2 Å². The summed E-state index contributed by atoms with van der Waals surface area (Å²) in [5, 5.41) is 0. The van der Waals surface area contributed by atoms with Crippen molar-refractivity contribution in [3.63, 3.8) is 0 Å². The van der Waals surface area contributed by atoms with E-state index in [-0.39, 0.29) is 35.5 Å². The van der Waals surface area contributed by atoms with Crippen molar-refractivity contribution < 1.29 is 19.1 Å². The van der Waals surface area contributed by atoms with E-state index in [2.05, 4.69) is 12.2 Å². The first kappa shape index (κ1) is 18.7. The van der Waals surface area contributed by atoms with Crippen molar-refractivity contribution in [3.8, 4) is 11.5 Å². The van der Waals surface area contributed by atoms with E-state index in [0.717, 1.165) is 17.9 Å². The number of carbonyl (C=O) groups is 2. The first-order valence-corrected chi connectivity index (χ1v) is 11.1. The van der Waals surface area contributed by atoms with E-state index in [1.807, 2.05) is 48.5 Å². The van der Waals surface area contributed by atoms with E-state index in [0.29, 0.717) is 24.1 Å². The van der Waals surface area contributed by atoms with Gasteiger partial charge in [0.1, 0.15) is 11.5 Å². The number of ether oxygens (including phenoxy) is 2. The number of imide groups is 1. The van der Waals surface area contributed by atoms with Gasteiger partial charge in [0.25, 0.3) is 0 Å². The van der Waals surface area contributed by atoms with Gasteiger partial charge in [0.15, 0.2) is 0 Å². The van der Waals surface area contributed by atoms with E-state index in [1.165, 1.54) is 16.9 Å². The molecule has 2 aromatic rings. The lowest BCUT2D eigenvalue weighted by molar-refractivity contribution is -0.124. The lowest BCUT2D eigenvalue weighted by atomic mass is 9.63. The number of allylic oxidation sites excluding steroid dienone is 2. The highest BCUT2D eigenvalue weighted by molar-refractivity contribution is 6.22. The minimum absolute atomic E-state index is 0.0205. The number of hydrogen-bond donors (Lipinski definition) is 0. The summed E-state index contributed by atoms with van der Waals surface area (Å²) in [5.74, 6) is 2.95. The number of carbonyl (C=O) groups excluding carboxylic acids is 2. The predicted molar refractivity (Wildman–Crippen MR) is 116 cm³/mol. The first-order valence-electron chi connectivity index (χ1n) is 11.1. The Morgan fingerprint density at radius 2 is 1.42 bits per heavy atom. The Kier molecular flexibility index (Phi) is 4.20. The molecule has 158 valence electrons. The third-order valence-electron chi connectivity index (χ3n) is 7.58. The van der Waals surface area contributed by atoms with Crippen LogP contribution in [0.3, 0.4) is 0 Å². The highest BCUT2D eigenvalue weighted by Gasteiger charge is 2.67. The molecule has 2 saturated carbocycles. The molecule has 0 radical (unpaired) electrons. The van der Waals surface area contributed by atoms with E-state index >= 15 is 0 Å². The number of rotatable bonds is 6. The molecule has 1 aliphatic heterocycles. The maximum absolute atomic E-state index is 13.2. The second-order valence-electron chi connectivity index (χ2n) is 9.11. The average molecular weight is 415 g/mol. The fraction of sp³-hybridized carbons (Fsp3) is 0.385. The average Bonchev–Trinajstić information content (AvgIpc) is 3.58. The molecule has 3 fully saturated rings. The van der Waals surface area contributed by atoms with E-state index in [1.54, 1.807) is 7.11 Å². The van der Waals surface area contributed by atoms with Gasteiger partial charge in [-0.2, -0.15) is 0 Å². The van der Waals surface area contributed by atoms with Crippen molar-refractivity contribution in [3.05, 3.63) is 66.2 Å². The topological polar surface area (TPSA) is 55.8 Å². The van der Waals surface area contributed by atoms with Gasteiger partial charge in [0.2, 0.25) is 11.8 Å². The van der Waals surface area contributed by atoms with Crippen molar-refractivity contribution in [2.75, 3.05) is 18.6 Å². The van der Waals surface area contributed by atoms with Crippen LogP contribution in [0.5, 0.6) is 11.5 Å². The molecule has 0 N–H and O–H groups in total. The number of anilines is 1. The molecule has 2 aromatic carbocycles. The Hall–Kier alpha value is -3.08. The molecule has 6 atom stereocenters. The fourth-order valence-electron chi connectivity index (χ4n) is 5.98. The molecule has 0 aromatic heterocycles. The lowest BCUT2D eigenvalue weighted by Gasteiger charge is -2.37. The second-order valence-corrected chi connectivity index (χ2v) is 9.11. The summed E-state index contributed by atoms with van der Waals surface area (Å²) in [4.78, 5) is 27.8. The first-order chi connectivity index (χ1) is 15.2. The minimum Gasteiger partial charge on any atom is -0.497 e. The van der Waals surface area contributed by atoms with Crippen molar-refractivity contribution in [1.82, 2.24) is 0 Å². The zero-order valence-corrected chi connectivity index (χ0v) is 17.4. The summed E-state index contributed by atoms with van der Waals surface area (Å²) in [6, 6.07) is 15.3. The van der Waals surface area contributed by atoms with Crippen LogP contribution in [0, 0.1) is 35.5 Å². The molecule has 1 saturated heterocycles. The van der Waals surface area contributed by atoms with Gasteiger partial charge >= 0.3 is 0 Å². The monoisotopic (exact) mass is 415 g/mol. The Bertz CT molecular complexity index is 1020. The number of benzene rings is 2. The number of hydrogen-bond acceptors (Lipinski definition) is 4. The summed E-state index contributed by atoms with van der Waals surface area (Å²) in [5.41, 5.74) is 1.83. The van der Waals surface area contributed by atoms with Gasteiger partial charge in [-0.1, -0.05) is 24.3 Å². The molecule has 5 nitrogen and oxygen atoms in total. The molecule has 4 aliphatic carbocycles. The normalized spacial score (nSPS) is 32.1.